The van der Waals surface area contributed by atoms with Crippen LogP contribution in [0.1, 0.15) is 68.6 Å². The Morgan fingerprint density at radius 2 is 1.63 bits per heavy atom. The Bertz CT molecular complexity index is 918. The molecule has 4 atom stereocenters. The lowest BCUT2D eigenvalue weighted by molar-refractivity contribution is -0.0897. The lowest BCUT2D eigenvalue weighted by atomic mass is 9.41. The maximum atomic E-state index is 6.23. The number of benzene rings is 2. The van der Waals surface area contributed by atoms with Crippen molar-refractivity contribution in [2.45, 2.75) is 82.2 Å². The molecule has 30 heavy (non-hydrogen) atoms. The Morgan fingerprint density at radius 1 is 0.933 bits per heavy atom. The molecule has 4 bridgehead atoms. The second-order valence-corrected chi connectivity index (χ2v) is 11.6. The van der Waals surface area contributed by atoms with Gasteiger partial charge in [-0.05, 0) is 116 Å². The highest BCUT2D eigenvalue weighted by atomic mass is 35.5. The van der Waals surface area contributed by atoms with Gasteiger partial charge in [-0.25, -0.2) is 0 Å². The van der Waals surface area contributed by atoms with Crippen molar-refractivity contribution in [1.29, 1.82) is 0 Å². The summed E-state index contributed by atoms with van der Waals surface area (Å²) in [6.45, 7) is 2.52. The second kappa shape index (κ2) is 7.10. The van der Waals surface area contributed by atoms with Crippen LogP contribution in [-0.2, 0) is 18.3 Å². The van der Waals surface area contributed by atoms with E-state index in [-0.39, 0.29) is 0 Å². The summed E-state index contributed by atoms with van der Waals surface area (Å²) < 4.78 is 0. The number of nitrogens with one attached hydrogen (secondary N) is 1. The Kier molecular flexibility index (Phi) is 4.59. The van der Waals surface area contributed by atoms with Crippen molar-refractivity contribution in [1.82, 2.24) is 5.32 Å². The summed E-state index contributed by atoms with van der Waals surface area (Å²) in [5.74, 6) is 1.83. The molecule has 0 aliphatic heterocycles. The lowest BCUT2D eigenvalue weighted by Crippen LogP contribution is -2.61. The summed E-state index contributed by atoms with van der Waals surface area (Å²) >= 11 is 6.23. The predicted octanol–water partition coefficient (Wildman–Crippen LogP) is 6.71. The van der Waals surface area contributed by atoms with Crippen molar-refractivity contribution in [2.75, 3.05) is 0 Å². The molecule has 0 amide bonds. The molecule has 0 aromatic heterocycles. The minimum atomic E-state index is 0.393. The summed E-state index contributed by atoms with van der Waals surface area (Å²) in [5.41, 5.74) is 5.56. The largest absolute Gasteiger partial charge is 0.311 e. The molecule has 1 nitrogen and oxygen atoms in total. The highest BCUT2D eigenvalue weighted by Crippen LogP contribution is 2.66. The SMILES string of the molecule is C[C@H](N[C@@H]1CCc2ccccc2C1)C12C[C@@H]3C[C@H](CC(c4ccc(Cl)cc4)(C3)C1)C2. The third-order valence-electron chi connectivity index (χ3n) is 9.31. The van der Waals surface area contributed by atoms with Crippen LogP contribution in [0.5, 0.6) is 0 Å². The van der Waals surface area contributed by atoms with Gasteiger partial charge in [0, 0.05) is 17.1 Å². The molecule has 7 rings (SSSR count). The van der Waals surface area contributed by atoms with Crippen molar-refractivity contribution in [3.63, 3.8) is 0 Å². The summed E-state index contributed by atoms with van der Waals surface area (Å²) in [4.78, 5) is 0. The van der Waals surface area contributed by atoms with E-state index in [9.17, 15) is 0 Å². The van der Waals surface area contributed by atoms with Gasteiger partial charge in [-0.1, -0.05) is 48.0 Å². The zero-order chi connectivity index (χ0) is 20.3. The van der Waals surface area contributed by atoms with Crippen LogP contribution < -0.4 is 5.32 Å². The van der Waals surface area contributed by atoms with Gasteiger partial charge in [0.2, 0.25) is 0 Å². The molecule has 0 radical (unpaired) electrons. The molecule has 0 heterocycles. The summed E-state index contributed by atoms with van der Waals surface area (Å²) in [7, 11) is 0. The first kappa shape index (κ1) is 19.4. The van der Waals surface area contributed by atoms with Gasteiger partial charge in [0.1, 0.15) is 0 Å². The number of hydrogen-bond acceptors (Lipinski definition) is 1. The van der Waals surface area contributed by atoms with Crippen LogP contribution in [0.4, 0.5) is 0 Å². The fourth-order valence-electron chi connectivity index (χ4n) is 8.35. The molecule has 2 heteroatoms. The van der Waals surface area contributed by atoms with E-state index in [4.69, 9.17) is 11.6 Å². The molecule has 5 aliphatic rings. The highest BCUT2D eigenvalue weighted by molar-refractivity contribution is 6.30. The van der Waals surface area contributed by atoms with E-state index in [2.05, 4.69) is 60.8 Å². The van der Waals surface area contributed by atoms with Gasteiger partial charge in [-0.2, -0.15) is 0 Å². The van der Waals surface area contributed by atoms with E-state index >= 15 is 0 Å². The van der Waals surface area contributed by atoms with Crippen LogP contribution in [0.25, 0.3) is 0 Å². The van der Waals surface area contributed by atoms with E-state index in [1.807, 2.05) is 0 Å². The van der Waals surface area contributed by atoms with E-state index in [0.717, 1.165) is 16.9 Å². The topological polar surface area (TPSA) is 12.0 Å². The lowest BCUT2D eigenvalue weighted by Gasteiger charge is -2.64. The van der Waals surface area contributed by atoms with Gasteiger partial charge in [0.05, 0.1) is 0 Å². The molecular formula is C28H34ClN. The van der Waals surface area contributed by atoms with Crippen LogP contribution in [0.2, 0.25) is 5.02 Å². The first-order valence-electron chi connectivity index (χ1n) is 12.1. The van der Waals surface area contributed by atoms with Crippen molar-refractivity contribution in [3.05, 3.63) is 70.2 Å². The standard InChI is InChI=1S/C28H34ClN/c1-19(30-26-11-6-22-4-2-3-5-23(22)13-26)27-14-20-12-21(15-27)17-28(16-20,18-27)24-7-9-25(29)10-8-24/h2-5,7-10,19-21,26,30H,6,11-18H2,1H3/t19-,20-,21-,26+,27?,28?/m0/s1. The Morgan fingerprint density at radius 3 is 2.37 bits per heavy atom. The fourth-order valence-corrected chi connectivity index (χ4v) is 8.48. The van der Waals surface area contributed by atoms with Crippen LogP contribution in [0.3, 0.4) is 0 Å². The maximum Gasteiger partial charge on any atom is 0.0406 e. The summed E-state index contributed by atoms with van der Waals surface area (Å²) in [5, 5.41) is 5.04. The van der Waals surface area contributed by atoms with Gasteiger partial charge in [-0.15, -0.1) is 0 Å². The third-order valence-corrected chi connectivity index (χ3v) is 9.57. The number of aryl methyl sites for hydroxylation is 1. The summed E-state index contributed by atoms with van der Waals surface area (Å²) in [6, 6.07) is 19.2. The smallest absolute Gasteiger partial charge is 0.0406 e. The van der Waals surface area contributed by atoms with Crippen LogP contribution in [0, 0.1) is 17.3 Å². The van der Waals surface area contributed by atoms with Crippen molar-refractivity contribution in [2.24, 2.45) is 17.3 Å². The summed E-state index contributed by atoms with van der Waals surface area (Å²) in [6.07, 6.45) is 12.2. The molecule has 2 aromatic rings. The Labute approximate surface area is 186 Å². The van der Waals surface area contributed by atoms with E-state index < -0.39 is 0 Å². The number of hydrogen-bond donors (Lipinski definition) is 1. The van der Waals surface area contributed by atoms with Crippen LogP contribution in [-0.4, -0.2) is 12.1 Å². The zero-order valence-electron chi connectivity index (χ0n) is 18.2. The van der Waals surface area contributed by atoms with E-state index in [1.165, 1.54) is 57.8 Å². The molecule has 0 saturated heterocycles. The number of halogens is 1. The second-order valence-electron chi connectivity index (χ2n) is 11.2. The molecule has 4 saturated carbocycles. The van der Waals surface area contributed by atoms with Crippen molar-refractivity contribution >= 4 is 11.6 Å². The average Bonchev–Trinajstić information content (AvgIpc) is 2.73. The quantitative estimate of drug-likeness (QED) is 0.580. The number of fused-ring (bicyclic) bond motifs is 1. The maximum absolute atomic E-state index is 6.23. The van der Waals surface area contributed by atoms with Crippen LogP contribution in [0.15, 0.2) is 48.5 Å². The normalized spacial score (nSPS) is 37.7. The fraction of sp³-hybridized carbons (Fsp3) is 0.571. The number of rotatable bonds is 4. The Balaban J connectivity index is 1.25. The molecule has 158 valence electrons. The van der Waals surface area contributed by atoms with Gasteiger partial charge in [0.25, 0.3) is 0 Å². The monoisotopic (exact) mass is 419 g/mol. The van der Waals surface area contributed by atoms with Crippen LogP contribution >= 0.6 is 11.6 Å². The molecule has 2 aromatic carbocycles. The highest BCUT2D eigenvalue weighted by Gasteiger charge is 2.59. The Hall–Kier alpha value is -1.31. The van der Waals surface area contributed by atoms with Gasteiger partial charge in [-0.3, -0.25) is 0 Å². The molecule has 1 N–H and O–H groups in total. The minimum absolute atomic E-state index is 0.393. The van der Waals surface area contributed by atoms with Crippen molar-refractivity contribution < 1.29 is 0 Å². The molecule has 5 aliphatic carbocycles. The minimum Gasteiger partial charge on any atom is -0.311 e. The van der Waals surface area contributed by atoms with Gasteiger partial charge < -0.3 is 5.32 Å². The first-order valence-corrected chi connectivity index (χ1v) is 12.5. The molecule has 4 fully saturated rings. The van der Waals surface area contributed by atoms with Crippen molar-refractivity contribution in [3.8, 4) is 0 Å². The molecular weight excluding hydrogens is 386 g/mol. The van der Waals surface area contributed by atoms with E-state index in [1.54, 1.807) is 16.7 Å². The van der Waals surface area contributed by atoms with E-state index in [0.29, 0.717) is 22.9 Å². The average molecular weight is 420 g/mol. The third kappa shape index (κ3) is 3.16. The first-order chi connectivity index (χ1) is 14.5. The molecule has 0 spiro atoms. The van der Waals surface area contributed by atoms with Gasteiger partial charge >= 0.3 is 0 Å². The predicted molar refractivity (Wildman–Crippen MR) is 125 cm³/mol. The zero-order valence-corrected chi connectivity index (χ0v) is 18.9. The molecule has 0 unspecified atom stereocenters. The van der Waals surface area contributed by atoms with Gasteiger partial charge in [0.15, 0.2) is 0 Å².